The van der Waals surface area contributed by atoms with Crippen molar-refractivity contribution < 1.29 is 9.53 Å². The summed E-state index contributed by atoms with van der Waals surface area (Å²) >= 11 is 16.3. The first-order valence-corrected chi connectivity index (χ1v) is 14.2. The standard InChI is InChI=1S/C26H28BrCl2N7O3/c1-26(2,3)39-25(38)34-9-7-16(8-10-34)36-13-15(11-31-36)32-24-30-12-17-21(33-24)18(27)14-35(23(17)37)22-19(28)5-4-6-20(22)29/h5,11-14,16H,4,6-10H2,1-3H3,(H,30,32,33). The minimum atomic E-state index is -0.515. The molecule has 0 aromatic carbocycles. The Kier molecular flexibility index (Phi) is 7.76. The number of fused-ring (bicyclic) bond motifs is 1. The van der Waals surface area contributed by atoms with E-state index in [1.807, 2.05) is 37.7 Å². The quantitative estimate of drug-likeness (QED) is 0.354. The summed E-state index contributed by atoms with van der Waals surface area (Å²) in [4.78, 5) is 36.3. The smallest absolute Gasteiger partial charge is 0.410 e. The van der Waals surface area contributed by atoms with Gasteiger partial charge in [0, 0.05) is 36.7 Å². The van der Waals surface area contributed by atoms with E-state index in [2.05, 4.69) is 36.3 Å². The molecule has 5 rings (SSSR count). The lowest BCUT2D eigenvalue weighted by Crippen LogP contribution is -2.42. The van der Waals surface area contributed by atoms with Gasteiger partial charge in [0.2, 0.25) is 5.95 Å². The van der Waals surface area contributed by atoms with Gasteiger partial charge < -0.3 is 15.0 Å². The Labute approximate surface area is 243 Å². The summed E-state index contributed by atoms with van der Waals surface area (Å²) in [5.41, 5.74) is 0.822. The van der Waals surface area contributed by atoms with Crippen LogP contribution in [-0.4, -0.2) is 54.0 Å². The Morgan fingerprint density at radius 3 is 2.62 bits per heavy atom. The SMILES string of the molecule is CC(C)(C)OC(=O)N1CCC(n2cc(Nc3ncc4c(=O)n(C5=C(Cl)CCC=C5Cl)cc(Br)c4n3)cn2)CC1. The maximum absolute atomic E-state index is 13.3. The number of carbonyl (C=O) groups excluding carboxylic acids is 1. The average Bonchev–Trinajstić information content (AvgIpc) is 3.34. The number of halogens is 3. The van der Waals surface area contributed by atoms with Gasteiger partial charge in [-0.25, -0.2) is 14.8 Å². The molecule has 1 aliphatic heterocycles. The predicted octanol–water partition coefficient (Wildman–Crippen LogP) is 6.39. The first-order valence-electron chi connectivity index (χ1n) is 12.6. The van der Waals surface area contributed by atoms with Crippen molar-refractivity contribution in [3.05, 3.63) is 55.8 Å². The number of aromatic nitrogens is 5. The number of carbonyl (C=O) groups is 1. The Morgan fingerprint density at radius 1 is 1.18 bits per heavy atom. The van der Waals surface area contributed by atoms with Gasteiger partial charge >= 0.3 is 6.09 Å². The summed E-state index contributed by atoms with van der Waals surface area (Å²) in [6, 6.07) is 0.158. The van der Waals surface area contributed by atoms with Gasteiger partial charge in [0.25, 0.3) is 5.56 Å². The average molecular weight is 637 g/mol. The molecule has 0 unspecified atom stereocenters. The number of rotatable bonds is 4. The largest absolute Gasteiger partial charge is 0.444 e. The van der Waals surface area contributed by atoms with Crippen LogP contribution >= 0.6 is 39.1 Å². The van der Waals surface area contributed by atoms with E-state index < -0.39 is 5.60 Å². The normalized spacial score (nSPS) is 17.0. The van der Waals surface area contributed by atoms with E-state index >= 15 is 0 Å². The number of likely N-dealkylation sites (tertiary alicyclic amines) is 1. The molecule has 2 aliphatic rings. The number of allylic oxidation sites excluding steroid dienone is 4. The number of hydrogen-bond acceptors (Lipinski definition) is 7. The maximum Gasteiger partial charge on any atom is 0.410 e. The van der Waals surface area contributed by atoms with Crippen LogP contribution in [0.15, 0.2) is 50.2 Å². The van der Waals surface area contributed by atoms with Crippen LogP contribution in [0.4, 0.5) is 16.4 Å². The van der Waals surface area contributed by atoms with Crippen LogP contribution in [0.2, 0.25) is 0 Å². The van der Waals surface area contributed by atoms with Gasteiger partial charge in [-0.2, -0.15) is 5.10 Å². The monoisotopic (exact) mass is 635 g/mol. The molecule has 0 bridgehead atoms. The highest BCUT2D eigenvalue weighted by atomic mass is 79.9. The van der Waals surface area contributed by atoms with E-state index in [-0.39, 0.29) is 17.7 Å². The fourth-order valence-electron chi connectivity index (χ4n) is 4.60. The topological polar surface area (TPSA) is 107 Å². The molecular formula is C26H28BrCl2N7O3. The summed E-state index contributed by atoms with van der Waals surface area (Å²) in [7, 11) is 0. The fourth-order valence-corrected chi connectivity index (χ4v) is 5.77. The van der Waals surface area contributed by atoms with Crippen molar-refractivity contribution in [2.75, 3.05) is 18.4 Å². The molecule has 1 amide bonds. The second kappa shape index (κ2) is 10.9. The number of piperidine rings is 1. The van der Waals surface area contributed by atoms with Crippen molar-refractivity contribution in [1.82, 2.24) is 29.2 Å². The van der Waals surface area contributed by atoms with Crippen molar-refractivity contribution in [3.8, 4) is 0 Å². The number of ether oxygens (including phenoxy) is 1. The molecule has 4 heterocycles. The Morgan fingerprint density at radius 2 is 1.92 bits per heavy atom. The fraction of sp³-hybridized carbons (Fsp3) is 0.423. The second-order valence-corrected chi connectivity index (χ2v) is 12.2. The molecule has 3 aromatic heterocycles. The number of pyridine rings is 1. The first-order chi connectivity index (χ1) is 18.5. The second-order valence-electron chi connectivity index (χ2n) is 10.5. The summed E-state index contributed by atoms with van der Waals surface area (Å²) in [5, 5.41) is 8.96. The van der Waals surface area contributed by atoms with Gasteiger partial charge in [-0.15, -0.1) is 0 Å². The molecule has 0 atom stereocenters. The lowest BCUT2D eigenvalue weighted by atomic mass is 10.1. The van der Waals surface area contributed by atoms with E-state index in [0.717, 1.165) is 19.3 Å². The zero-order valence-electron chi connectivity index (χ0n) is 21.7. The minimum absolute atomic E-state index is 0.158. The molecule has 1 fully saturated rings. The van der Waals surface area contributed by atoms with Gasteiger partial charge in [0.15, 0.2) is 0 Å². The van der Waals surface area contributed by atoms with E-state index in [1.54, 1.807) is 17.3 Å². The third-order valence-electron chi connectivity index (χ3n) is 6.47. The van der Waals surface area contributed by atoms with Crippen molar-refractivity contribution in [2.24, 2.45) is 0 Å². The van der Waals surface area contributed by atoms with E-state index in [9.17, 15) is 9.59 Å². The van der Waals surface area contributed by atoms with Crippen molar-refractivity contribution in [2.45, 2.75) is 58.1 Å². The van der Waals surface area contributed by atoms with Crippen LogP contribution < -0.4 is 10.9 Å². The molecule has 0 radical (unpaired) electrons. The van der Waals surface area contributed by atoms with Crippen LogP contribution in [0.3, 0.4) is 0 Å². The van der Waals surface area contributed by atoms with Crippen LogP contribution in [0, 0.1) is 0 Å². The maximum atomic E-state index is 13.3. The van der Waals surface area contributed by atoms with Gasteiger partial charge in [-0.3, -0.25) is 14.0 Å². The number of hydrogen-bond donors (Lipinski definition) is 1. The minimum Gasteiger partial charge on any atom is -0.444 e. The number of nitrogens with one attached hydrogen (secondary N) is 1. The molecule has 13 heteroatoms. The van der Waals surface area contributed by atoms with Crippen LogP contribution in [0.1, 0.15) is 52.5 Å². The van der Waals surface area contributed by atoms with Crippen molar-refractivity contribution in [3.63, 3.8) is 0 Å². The zero-order valence-corrected chi connectivity index (χ0v) is 24.8. The van der Waals surface area contributed by atoms with E-state index in [4.69, 9.17) is 27.9 Å². The third kappa shape index (κ3) is 6.00. The lowest BCUT2D eigenvalue weighted by Gasteiger charge is -2.33. The molecule has 0 spiro atoms. The molecule has 206 valence electrons. The Balaban J connectivity index is 1.30. The first kappa shape index (κ1) is 27.7. The number of nitrogens with zero attached hydrogens (tertiary/aromatic N) is 6. The van der Waals surface area contributed by atoms with Crippen molar-refractivity contribution in [1.29, 1.82) is 0 Å². The van der Waals surface area contributed by atoms with Crippen LogP contribution in [0.25, 0.3) is 16.6 Å². The molecule has 1 N–H and O–H groups in total. The Hall–Kier alpha value is -2.89. The number of amides is 1. The molecule has 0 saturated carbocycles. The zero-order chi connectivity index (χ0) is 27.9. The van der Waals surface area contributed by atoms with Crippen molar-refractivity contribution >= 4 is 73.5 Å². The highest BCUT2D eigenvalue weighted by Crippen LogP contribution is 2.34. The van der Waals surface area contributed by atoms with E-state index in [1.165, 1.54) is 10.8 Å². The molecular weight excluding hydrogens is 609 g/mol. The molecule has 10 nitrogen and oxygen atoms in total. The highest BCUT2D eigenvalue weighted by molar-refractivity contribution is 9.10. The van der Waals surface area contributed by atoms with Crippen LogP contribution in [0.5, 0.6) is 0 Å². The predicted molar refractivity (Wildman–Crippen MR) is 155 cm³/mol. The summed E-state index contributed by atoms with van der Waals surface area (Å²) in [5.74, 6) is 0.326. The van der Waals surface area contributed by atoms with E-state index in [0.29, 0.717) is 62.3 Å². The summed E-state index contributed by atoms with van der Waals surface area (Å²) in [6.45, 7) is 6.79. The van der Waals surface area contributed by atoms with Gasteiger partial charge in [0.1, 0.15) is 5.60 Å². The molecule has 1 saturated heterocycles. The Bertz CT molecular complexity index is 1550. The number of anilines is 2. The third-order valence-corrected chi connectivity index (χ3v) is 7.75. The van der Waals surface area contributed by atoms with Gasteiger partial charge in [-0.1, -0.05) is 29.3 Å². The summed E-state index contributed by atoms with van der Waals surface area (Å²) in [6.07, 6.45) is 11.2. The molecule has 39 heavy (non-hydrogen) atoms. The highest BCUT2D eigenvalue weighted by Gasteiger charge is 2.28. The van der Waals surface area contributed by atoms with Crippen LogP contribution in [-0.2, 0) is 4.74 Å². The lowest BCUT2D eigenvalue weighted by molar-refractivity contribution is 0.0185. The van der Waals surface area contributed by atoms with Gasteiger partial charge in [0.05, 0.1) is 44.0 Å². The molecule has 3 aromatic rings. The molecule has 1 aliphatic carbocycles. The summed E-state index contributed by atoms with van der Waals surface area (Å²) < 4.78 is 9.40. The van der Waals surface area contributed by atoms with Gasteiger partial charge in [-0.05, 0) is 62.4 Å².